The minimum Gasteiger partial charge on any atom is -0.302 e. The monoisotopic (exact) mass is 240 g/mol. The number of likely N-dealkylation sites (tertiary alicyclic amines) is 1. The van der Waals surface area contributed by atoms with E-state index in [4.69, 9.17) is 0 Å². The summed E-state index contributed by atoms with van der Waals surface area (Å²) in [5, 5.41) is 7.89. The van der Waals surface area contributed by atoms with Gasteiger partial charge in [-0.2, -0.15) is 11.8 Å². The summed E-state index contributed by atoms with van der Waals surface area (Å²) >= 11 is 1.93. The maximum atomic E-state index is 4.04. The first-order valence-corrected chi connectivity index (χ1v) is 7.33. The summed E-state index contributed by atoms with van der Waals surface area (Å²) in [6.07, 6.45) is 8.55. The first-order valence-electron chi connectivity index (χ1n) is 5.94. The zero-order valence-corrected chi connectivity index (χ0v) is 10.7. The molecule has 2 rings (SSSR count). The summed E-state index contributed by atoms with van der Waals surface area (Å²) in [6, 6.07) is 0. The van der Waals surface area contributed by atoms with E-state index in [0.717, 1.165) is 12.5 Å². The third-order valence-electron chi connectivity index (χ3n) is 3.13. The average molecular weight is 240 g/mol. The van der Waals surface area contributed by atoms with Crippen LogP contribution in [0.4, 0.5) is 0 Å². The molecule has 1 unspecified atom stereocenters. The number of aromatic nitrogens is 3. The van der Waals surface area contributed by atoms with Gasteiger partial charge in [0.2, 0.25) is 0 Å². The lowest BCUT2D eigenvalue weighted by atomic mass is 9.98. The molecule has 1 aliphatic heterocycles. The highest BCUT2D eigenvalue weighted by atomic mass is 32.2. The van der Waals surface area contributed by atoms with Crippen molar-refractivity contribution in [2.24, 2.45) is 5.92 Å². The van der Waals surface area contributed by atoms with E-state index in [0.29, 0.717) is 0 Å². The van der Waals surface area contributed by atoms with Crippen LogP contribution in [-0.2, 0) is 6.54 Å². The average Bonchev–Trinajstić information content (AvgIpc) is 2.80. The van der Waals surface area contributed by atoms with E-state index in [1.807, 2.05) is 22.6 Å². The van der Waals surface area contributed by atoms with Crippen molar-refractivity contribution in [1.82, 2.24) is 19.9 Å². The van der Waals surface area contributed by atoms with E-state index in [2.05, 4.69) is 21.5 Å². The molecule has 0 aromatic carbocycles. The van der Waals surface area contributed by atoms with Gasteiger partial charge >= 0.3 is 0 Å². The van der Waals surface area contributed by atoms with Crippen LogP contribution in [0.15, 0.2) is 12.4 Å². The lowest BCUT2D eigenvalue weighted by Gasteiger charge is -2.32. The Labute approximate surface area is 101 Å². The summed E-state index contributed by atoms with van der Waals surface area (Å²) in [7, 11) is 0. The van der Waals surface area contributed by atoms with Gasteiger partial charge in [-0.05, 0) is 31.6 Å². The Hall–Kier alpha value is -0.550. The molecular weight excluding hydrogens is 220 g/mol. The van der Waals surface area contributed by atoms with Crippen LogP contribution in [0, 0.1) is 5.92 Å². The molecule has 1 aromatic rings. The van der Waals surface area contributed by atoms with Gasteiger partial charge in [0, 0.05) is 31.6 Å². The van der Waals surface area contributed by atoms with Crippen LogP contribution in [0.25, 0.3) is 0 Å². The summed E-state index contributed by atoms with van der Waals surface area (Å²) in [5.41, 5.74) is 0. The van der Waals surface area contributed by atoms with Crippen molar-refractivity contribution >= 4 is 11.8 Å². The lowest BCUT2D eigenvalue weighted by molar-refractivity contribution is 0.167. The van der Waals surface area contributed by atoms with Gasteiger partial charge in [0.05, 0.1) is 6.20 Å². The second-order valence-electron chi connectivity index (χ2n) is 4.43. The summed E-state index contributed by atoms with van der Waals surface area (Å²) in [6.45, 7) is 4.75. The molecule has 0 amide bonds. The largest absolute Gasteiger partial charge is 0.302 e. The Morgan fingerprint density at radius 1 is 1.50 bits per heavy atom. The number of thioether (sulfide) groups is 1. The van der Waals surface area contributed by atoms with Gasteiger partial charge in [0.1, 0.15) is 0 Å². The van der Waals surface area contributed by atoms with Crippen LogP contribution < -0.4 is 0 Å². The molecular formula is C11H20N4S. The fourth-order valence-corrected chi connectivity index (χ4v) is 2.76. The number of rotatable bonds is 5. The molecule has 0 N–H and O–H groups in total. The molecule has 90 valence electrons. The summed E-state index contributed by atoms with van der Waals surface area (Å²) < 4.78 is 1.96. The molecule has 1 atom stereocenters. The van der Waals surface area contributed by atoms with Gasteiger partial charge in [-0.15, -0.1) is 5.10 Å². The first kappa shape index (κ1) is 11.9. The van der Waals surface area contributed by atoms with Crippen molar-refractivity contribution in [3.63, 3.8) is 0 Å². The van der Waals surface area contributed by atoms with Crippen molar-refractivity contribution in [2.45, 2.75) is 19.4 Å². The molecule has 16 heavy (non-hydrogen) atoms. The predicted octanol–water partition coefficient (Wildman–Crippen LogP) is 1.35. The summed E-state index contributed by atoms with van der Waals surface area (Å²) in [5.74, 6) is 1.99. The number of nitrogens with zero attached hydrogens (tertiary/aromatic N) is 4. The van der Waals surface area contributed by atoms with E-state index in [-0.39, 0.29) is 0 Å². The molecule has 1 saturated heterocycles. The van der Waals surface area contributed by atoms with E-state index < -0.39 is 0 Å². The van der Waals surface area contributed by atoms with Crippen LogP contribution in [-0.4, -0.2) is 51.5 Å². The second-order valence-corrected chi connectivity index (χ2v) is 5.41. The summed E-state index contributed by atoms with van der Waals surface area (Å²) in [4.78, 5) is 2.58. The molecule has 2 heterocycles. The third kappa shape index (κ3) is 3.49. The van der Waals surface area contributed by atoms with Gasteiger partial charge in [-0.25, -0.2) is 0 Å². The van der Waals surface area contributed by atoms with Gasteiger partial charge in [0.15, 0.2) is 0 Å². The predicted molar refractivity (Wildman–Crippen MR) is 67.6 cm³/mol. The van der Waals surface area contributed by atoms with Gasteiger partial charge < -0.3 is 4.90 Å². The molecule has 0 aliphatic carbocycles. The Morgan fingerprint density at radius 2 is 2.44 bits per heavy atom. The molecule has 0 saturated carbocycles. The molecule has 0 bridgehead atoms. The first-order chi connectivity index (χ1) is 7.88. The number of piperidine rings is 1. The topological polar surface area (TPSA) is 34.0 Å². The molecule has 0 radical (unpaired) electrons. The smallest absolute Gasteiger partial charge is 0.0692 e. The number of hydrogen-bond donors (Lipinski definition) is 0. The molecule has 4 nitrogen and oxygen atoms in total. The van der Waals surface area contributed by atoms with E-state index in [1.54, 1.807) is 6.20 Å². The Balaban J connectivity index is 1.77. The molecule has 1 aliphatic rings. The Kier molecular flexibility index (Phi) is 4.66. The zero-order chi connectivity index (χ0) is 11.2. The lowest BCUT2D eigenvalue weighted by Crippen LogP contribution is -2.38. The van der Waals surface area contributed by atoms with Crippen molar-refractivity contribution < 1.29 is 0 Å². The molecule has 5 heteroatoms. The highest BCUT2D eigenvalue weighted by molar-refractivity contribution is 7.98. The van der Waals surface area contributed by atoms with Crippen LogP contribution in [0.3, 0.4) is 0 Å². The fraction of sp³-hybridized carbons (Fsp3) is 0.818. The number of hydrogen-bond acceptors (Lipinski definition) is 4. The highest BCUT2D eigenvalue weighted by Gasteiger charge is 2.19. The highest BCUT2D eigenvalue weighted by Crippen LogP contribution is 2.18. The van der Waals surface area contributed by atoms with Gasteiger partial charge in [-0.3, -0.25) is 4.68 Å². The fourth-order valence-electron chi connectivity index (χ4n) is 2.32. The van der Waals surface area contributed by atoms with E-state index in [9.17, 15) is 0 Å². The Morgan fingerprint density at radius 3 is 3.19 bits per heavy atom. The van der Waals surface area contributed by atoms with Crippen molar-refractivity contribution in [1.29, 1.82) is 0 Å². The third-order valence-corrected chi connectivity index (χ3v) is 3.72. The Bertz CT molecular complexity index is 288. The molecule has 1 fully saturated rings. The molecule has 0 spiro atoms. The quantitative estimate of drug-likeness (QED) is 0.778. The zero-order valence-electron chi connectivity index (χ0n) is 9.88. The van der Waals surface area contributed by atoms with Crippen molar-refractivity contribution in [3.05, 3.63) is 12.4 Å². The normalized spacial score (nSPS) is 22.4. The molecule has 1 aromatic heterocycles. The van der Waals surface area contributed by atoms with Crippen molar-refractivity contribution in [2.75, 3.05) is 31.6 Å². The van der Waals surface area contributed by atoms with E-state index in [1.165, 1.54) is 38.2 Å². The minimum absolute atomic E-state index is 0.748. The SMILES string of the molecule is CSCCN1CCCC(Cn2ccnn2)C1. The van der Waals surface area contributed by atoms with Crippen LogP contribution >= 0.6 is 11.8 Å². The van der Waals surface area contributed by atoms with E-state index >= 15 is 0 Å². The maximum absolute atomic E-state index is 4.04. The maximum Gasteiger partial charge on any atom is 0.0692 e. The van der Waals surface area contributed by atoms with Gasteiger partial charge in [0.25, 0.3) is 0 Å². The van der Waals surface area contributed by atoms with Crippen LogP contribution in [0.2, 0.25) is 0 Å². The van der Waals surface area contributed by atoms with Crippen LogP contribution in [0.1, 0.15) is 12.8 Å². The second kappa shape index (κ2) is 6.25. The van der Waals surface area contributed by atoms with Crippen LogP contribution in [0.5, 0.6) is 0 Å². The van der Waals surface area contributed by atoms with Gasteiger partial charge in [-0.1, -0.05) is 5.21 Å². The standard InChI is InChI=1S/C11H20N4S/c1-16-8-7-14-5-2-3-11(9-14)10-15-6-4-12-13-15/h4,6,11H,2-3,5,7-10H2,1H3. The minimum atomic E-state index is 0.748. The van der Waals surface area contributed by atoms with Crippen molar-refractivity contribution in [3.8, 4) is 0 Å².